The van der Waals surface area contributed by atoms with Crippen LogP contribution in [0.25, 0.3) is 0 Å². The molecule has 0 aliphatic rings. The van der Waals surface area contributed by atoms with E-state index in [-0.39, 0.29) is 5.04 Å². The van der Waals surface area contributed by atoms with Crippen LogP contribution in [-0.4, -0.2) is 49.8 Å². The number of nitrogens with two attached hydrogens (primary N) is 3. The zero-order chi connectivity index (χ0) is 13.4. The van der Waals surface area contributed by atoms with Gasteiger partial charge in [-0.3, -0.25) is 0 Å². The van der Waals surface area contributed by atoms with E-state index in [1.165, 1.54) is 0 Å². The molecule has 7 heteroatoms. The van der Waals surface area contributed by atoms with E-state index >= 15 is 0 Å². The van der Waals surface area contributed by atoms with E-state index in [0.717, 1.165) is 19.3 Å². The van der Waals surface area contributed by atoms with Crippen LogP contribution in [0.15, 0.2) is 0 Å². The Labute approximate surface area is 105 Å². The normalized spacial score (nSPS) is 13.1. The minimum atomic E-state index is -2.80. The Kier molecular flexibility index (Phi) is 8.13. The van der Waals surface area contributed by atoms with Crippen molar-refractivity contribution in [3.8, 4) is 0 Å². The van der Waals surface area contributed by atoms with Crippen molar-refractivity contribution < 1.29 is 13.3 Å². The van der Waals surface area contributed by atoms with Crippen LogP contribution in [0.3, 0.4) is 0 Å². The van der Waals surface area contributed by atoms with Crippen LogP contribution in [0.5, 0.6) is 0 Å². The quantitative estimate of drug-likeness (QED) is 0.466. The van der Waals surface area contributed by atoms with E-state index in [1.807, 2.05) is 0 Å². The van der Waals surface area contributed by atoms with Gasteiger partial charge in [-0.15, -0.1) is 0 Å². The van der Waals surface area contributed by atoms with Gasteiger partial charge in [-0.25, -0.2) is 0 Å². The number of hydrogen-bond donors (Lipinski definition) is 3. The van der Waals surface area contributed by atoms with Gasteiger partial charge < -0.3 is 30.5 Å². The zero-order valence-electron chi connectivity index (χ0n) is 11.2. The third-order valence-corrected chi connectivity index (χ3v) is 6.99. The largest absolute Gasteiger partial charge is 0.506 e. The molecular weight excluding hydrogens is 238 g/mol. The molecule has 17 heavy (non-hydrogen) atoms. The minimum Gasteiger partial charge on any atom is -0.377 e. The molecule has 0 rings (SSSR count). The highest BCUT2D eigenvalue weighted by molar-refractivity contribution is 6.64. The van der Waals surface area contributed by atoms with Crippen LogP contribution in [-0.2, 0) is 13.3 Å². The summed E-state index contributed by atoms with van der Waals surface area (Å²) >= 11 is 0. The summed E-state index contributed by atoms with van der Waals surface area (Å²) < 4.78 is 16.8. The summed E-state index contributed by atoms with van der Waals surface area (Å²) in [4.78, 5) is 0. The summed E-state index contributed by atoms with van der Waals surface area (Å²) in [6.45, 7) is 1.60. The van der Waals surface area contributed by atoms with Gasteiger partial charge in [0.2, 0.25) is 0 Å². The minimum absolute atomic E-state index is 0.288. The van der Waals surface area contributed by atoms with Crippen LogP contribution in [0.4, 0.5) is 0 Å². The smallest absolute Gasteiger partial charge is 0.377 e. The highest BCUT2D eigenvalue weighted by atomic mass is 28.4. The van der Waals surface area contributed by atoms with E-state index in [2.05, 4.69) is 0 Å². The monoisotopic (exact) mass is 265 g/mol. The number of hydrogen-bond acceptors (Lipinski definition) is 6. The fourth-order valence-electron chi connectivity index (χ4n) is 2.56. The maximum atomic E-state index is 5.71. The molecule has 0 amide bonds. The van der Waals surface area contributed by atoms with Crippen molar-refractivity contribution in [3.05, 3.63) is 0 Å². The van der Waals surface area contributed by atoms with E-state index < -0.39 is 8.80 Å². The first-order valence-electron chi connectivity index (χ1n) is 5.87. The molecule has 6 nitrogen and oxygen atoms in total. The molecule has 0 aromatic carbocycles. The Balaban J connectivity index is 5.31. The molecule has 0 aromatic heterocycles. The lowest BCUT2D eigenvalue weighted by molar-refractivity contribution is 0.0813. The molecule has 0 aromatic rings. The van der Waals surface area contributed by atoms with Gasteiger partial charge in [-0.05, 0) is 38.9 Å². The molecule has 0 saturated heterocycles. The van der Waals surface area contributed by atoms with Crippen molar-refractivity contribution in [2.24, 2.45) is 17.2 Å². The molecule has 0 spiro atoms. The highest BCUT2D eigenvalue weighted by Crippen LogP contribution is 2.48. The van der Waals surface area contributed by atoms with Crippen molar-refractivity contribution >= 4 is 8.80 Å². The standard InChI is InChI=1S/C10H27N3O3Si/c1-14-17(15-2,16-3)10(4-7-11,5-8-12)6-9-13/h4-9,11-13H2,1-3H3. The van der Waals surface area contributed by atoms with Crippen molar-refractivity contribution in [2.45, 2.75) is 24.3 Å². The van der Waals surface area contributed by atoms with Gasteiger partial charge in [-0.1, -0.05) is 0 Å². The first-order chi connectivity index (χ1) is 8.11. The van der Waals surface area contributed by atoms with Gasteiger partial charge in [0.15, 0.2) is 0 Å². The van der Waals surface area contributed by atoms with Crippen molar-refractivity contribution in [1.82, 2.24) is 0 Å². The summed E-state index contributed by atoms with van der Waals surface area (Å²) in [5.74, 6) is 0. The van der Waals surface area contributed by atoms with Gasteiger partial charge in [0, 0.05) is 26.4 Å². The Morgan fingerprint density at radius 2 is 1.06 bits per heavy atom. The van der Waals surface area contributed by atoms with E-state index in [9.17, 15) is 0 Å². The van der Waals surface area contributed by atoms with Gasteiger partial charge in [0.25, 0.3) is 0 Å². The van der Waals surface area contributed by atoms with E-state index in [0.29, 0.717) is 19.6 Å². The summed E-state index contributed by atoms with van der Waals surface area (Å²) in [6.07, 6.45) is 2.22. The van der Waals surface area contributed by atoms with Gasteiger partial charge in [0.1, 0.15) is 0 Å². The second kappa shape index (κ2) is 8.14. The van der Waals surface area contributed by atoms with Crippen LogP contribution >= 0.6 is 0 Å². The molecule has 6 N–H and O–H groups in total. The van der Waals surface area contributed by atoms with Crippen LogP contribution < -0.4 is 17.2 Å². The predicted octanol–water partition coefficient (Wildman–Crippen LogP) is -0.349. The first kappa shape index (κ1) is 17.0. The molecular formula is C10H27N3O3Si. The first-order valence-corrected chi connectivity index (χ1v) is 7.60. The molecule has 0 atom stereocenters. The Bertz CT molecular complexity index is 178. The third-order valence-electron chi connectivity index (χ3n) is 3.32. The van der Waals surface area contributed by atoms with E-state index in [1.54, 1.807) is 21.3 Å². The predicted molar refractivity (Wildman–Crippen MR) is 70.5 cm³/mol. The average molecular weight is 265 g/mol. The molecule has 0 bridgehead atoms. The average Bonchev–Trinajstić information content (AvgIpc) is 2.33. The maximum absolute atomic E-state index is 5.71. The number of rotatable bonds is 10. The lowest BCUT2D eigenvalue weighted by Crippen LogP contribution is -2.56. The maximum Gasteiger partial charge on any atom is 0.506 e. The third kappa shape index (κ3) is 3.47. The molecule has 0 radical (unpaired) electrons. The van der Waals surface area contributed by atoms with Gasteiger partial charge in [0.05, 0.1) is 0 Å². The lowest BCUT2D eigenvalue weighted by atomic mass is 9.96. The molecule has 104 valence electrons. The fraction of sp³-hybridized carbons (Fsp3) is 1.00. The topological polar surface area (TPSA) is 106 Å². The van der Waals surface area contributed by atoms with Crippen molar-refractivity contribution in [1.29, 1.82) is 0 Å². The SMILES string of the molecule is CO[Si](OC)(OC)C(CCN)(CCN)CCN. The molecule has 0 fully saturated rings. The van der Waals surface area contributed by atoms with Gasteiger partial charge in [-0.2, -0.15) is 0 Å². The van der Waals surface area contributed by atoms with Gasteiger partial charge >= 0.3 is 8.80 Å². The Hall–Kier alpha value is -0.0231. The zero-order valence-corrected chi connectivity index (χ0v) is 12.2. The lowest BCUT2D eigenvalue weighted by Gasteiger charge is -2.43. The fourth-order valence-corrected chi connectivity index (χ4v) is 5.71. The summed E-state index contributed by atoms with van der Waals surface area (Å²) in [7, 11) is 2.03. The summed E-state index contributed by atoms with van der Waals surface area (Å²) in [6, 6.07) is 0. The molecule has 0 saturated carbocycles. The second-order valence-corrected chi connectivity index (χ2v) is 7.46. The van der Waals surface area contributed by atoms with E-state index in [4.69, 9.17) is 30.5 Å². The highest BCUT2D eigenvalue weighted by Gasteiger charge is 2.58. The van der Waals surface area contributed by atoms with Crippen molar-refractivity contribution in [3.63, 3.8) is 0 Å². The van der Waals surface area contributed by atoms with Crippen molar-refractivity contribution in [2.75, 3.05) is 41.0 Å². The summed E-state index contributed by atoms with van der Waals surface area (Å²) in [5.41, 5.74) is 17.1. The Morgan fingerprint density at radius 3 is 1.24 bits per heavy atom. The van der Waals surface area contributed by atoms with Crippen LogP contribution in [0.2, 0.25) is 5.04 Å². The van der Waals surface area contributed by atoms with Crippen LogP contribution in [0.1, 0.15) is 19.3 Å². The molecule has 0 aliphatic heterocycles. The second-order valence-electron chi connectivity index (χ2n) is 4.06. The molecule has 0 unspecified atom stereocenters. The molecule has 0 heterocycles. The Morgan fingerprint density at radius 1 is 0.765 bits per heavy atom. The van der Waals surface area contributed by atoms with Crippen LogP contribution in [0, 0.1) is 0 Å². The molecule has 0 aliphatic carbocycles. The summed E-state index contributed by atoms with van der Waals surface area (Å²) in [5, 5.41) is -0.288.